The highest BCUT2D eigenvalue weighted by Crippen LogP contribution is 2.16. The van der Waals surface area contributed by atoms with Gasteiger partial charge in [0.25, 0.3) is 0 Å². The Hall–Kier alpha value is -2.38. The molecule has 0 saturated carbocycles. The first kappa shape index (κ1) is 18.7. The van der Waals surface area contributed by atoms with Crippen LogP contribution in [-0.4, -0.2) is 37.0 Å². The molecule has 0 aromatic heterocycles. The molecule has 1 aromatic rings. The van der Waals surface area contributed by atoms with Gasteiger partial charge in [-0.3, -0.25) is 9.59 Å². The van der Waals surface area contributed by atoms with E-state index in [1.807, 2.05) is 6.92 Å². The maximum Gasteiger partial charge on any atom is 0.471 e. The Labute approximate surface area is 130 Å². The van der Waals surface area contributed by atoms with Crippen molar-refractivity contribution in [1.82, 2.24) is 5.32 Å². The summed E-state index contributed by atoms with van der Waals surface area (Å²) in [4.78, 5) is 34.6. The molecule has 0 radical (unpaired) electrons. The number of carbonyl (C=O) groups excluding carboxylic acids is 3. The summed E-state index contributed by atoms with van der Waals surface area (Å²) in [6.07, 6.45) is -5.78. The van der Waals surface area contributed by atoms with E-state index in [1.165, 1.54) is 11.4 Å². The van der Waals surface area contributed by atoms with Gasteiger partial charge in [-0.05, 0) is 31.0 Å². The van der Waals surface area contributed by atoms with Crippen LogP contribution in [0.5, 0.6) is 0 Å². The first-order valence-corrected chi connectivity index (χ1v) is 6.62. The van der Waals surface area contributed by atoms with Gasteiger partial charge < -0.3 is 10.1 Å². The van der Waals surface area contributed by atoms with Crippen LogP contribution in [0.1, 0.15) is 27.9 Å². The van der Waals surface area contributed by atoms with Gasteiger partial charge in [0.1, 0.15) is 6.04 Å². The zero-order valence-electron chi connectivity index (χ0n) is 12.8. The first-order chi connectivity index (χ1) is 10.6. The molecule has 0 aliphatic carbocycles. The molecule has 0 spiro atoms. The molecule has 1 N–H and O–H groups in total. The zero-order chi connectivity index (χ0) is 17.8. The Kier molecular flexibility index (Phi) is 5.89. The minimum atomic E-state index is -5.16. The van der Waals surface area contributed by atoms with Gasteiger partial charge in [-0.2, -0.15) is 13.2 Å². The number of aryl methyl sites for hydroxylation is 2. The van der Waals surface area contributed by atoms with Crippen molar-refractivity contribution in [3.8, 4) is 0 Å². The minimum absolute atomic E-state index is 0.239. The fourth-order valence-corrected chi connectivity index (χ4v) is 1.79. The molecule has 1 rings (SSSR count). The molecular weight excluding hydrogens is 315 g/mol. The van der Waals surface area contributed by atoms with E-state index in [0.717, 1.165) is 18.2 Å². The monoisotopic (exact) mass is 331 g/mol. The van der Waals surface area contributed by atoms with Gasteiger partial charge in [0.2, 0.25) is 0 Å². The summed E-state index contributed by atoms with van der Waals surface area (Å²) in [5.41, 5.74) is 2.00. The molecule has 23 heavy (non-hydrogen) atoms. The number of alkyl halides is 3. The number of nitrogens with one attached hydrogen (secondary N) is 1. The van der Waals surface area contributed by atoms with Crippen LogP contribution in [0.2, 0.25) is 0 Å². The first-order valence-electron chi connectivity index (χ1n) is 6.62. The quantitative estimate of drug-likeness (QED) is 0.662. The lowest BCUT2D eigenvalue weighted by Crippen LogP contribution is -2.48. The lowest BCUT2D eigenvalue weighted by atomic mass is 9.99. The number of amides is 1. The van der Waals surface area contributed by atoms with Crippen LogP contribution in [0.15, 0.2) is 18.2 Å². The number of Topliss-reactive ketones (excluding diaryl/α,β-unsaturated/α-hetero) is 1. The third kappa shape index (κ3) is 5.08. The highest BCUT2D eigenvalue weighted by Gasteiger charge is 2.41. The van der Waals surface area contributed by atoms with E-state index in [4.69, 9.17) is 0 Å². The second-order valence-corrected chi connectivity index (χ2v) is 4.97. The summed E-state index contributed by atoms with van der Waals surface area (Å²) in [5.74, 6) is -4.01. The predicted octanol–water partition coefficient (Wildman–Crippen LogP) is 2.10. The number of rotatable bonds is 5. The summed E-state index contributed by atoms with van der Waals surface area (Å²) in [6.45, 7) is 3.61. The number of ketones is 1. The normalized spacial score (nSPS) is 12.4. The number of esters is 1. The molecule has 0 saturated heterocycles. The standard InChI is InChI=1S/C15H16F3NO4/c1-8-4-5-10(6-9(8)2)12(20)7-11(13(21)23-3)19-14(22)15(16,17)18/h4-6,11H,7H2,1-3H3,(H,19,22)/t11-/m0/s1. The summed E-state index contributed by atoms with van der Waals surface area (Å²) in [6, 6.07) is 3.05. The van der Waals surface area contributed by atoms with Crippen molar-refractivity contribution in [1.29, 1.82) is 0 Å². The molecule has 1 atom stereocenters. The fourth-order valence-electron chi connectivity index (χ4n) is 1.79. The molecule has 8 heteroatoms. The fraction of sp³-hybridized carbons (Fsp3) is 0.400. The van der Waals surface area contributed by atoms with Gasteiger partial charge in [-0.1, -0.05) is 12.1 Å². The van der Waals surface area contributed by atoms with Gasteiger partial charge in [-0.25, -0.2) is 4.79 Å². The van der Waals surface area contributed by atoms with E-state index in [-0.39, 0.29) is 5.56 Å². The van der Waals surface area contributed by atoms with Crippen molar-refractivity contribution >= 4 is 17.7 Å². The largest absolute Gasteiger partial charge is 0.471 e. The zero-order valence-corrected chi connectivity index (χ0v) is 12.8. The van der Waals surface area contributed by atoms with Gasteiger partial charge in [0.15, 0.2) is 5.78 Å². The van der Waals surface area contributed by atoms with Gasteiger partial charge in [-0.15, -0.1) is 0 Å². The second-order valence-electron chi connectivity index (χ2n) is 4.97. The van der Waals surface area contributed by atoms with Gasteiger partial charge in [0.05, 0.1) is 7.11 Å². The Balaban J connectivity index is 2.92. The molecule has 0 aliphatic rings. The van der Waals surface area contributed by atoms with E-state index in [0.29, 0.717) is 0 Å². The molecular formula is C15H16F3NO4. The van der Waals surface area contributed by atoms with Crippen molar-refractivity contribution in [2.75, 3.05) is 7.11 Å². The topological polar surface area (TPSA) is 72.5 Å². The SMILES string of the molecule is COC(=O)[C@H](CC(=O)c1ccc(C)c(C)c1)NC(=O)C(F)(F)F. The molecule has 0 heterocycles. The van der Waals surface area contributed by atoms with Crippen LogP contribution in [0.3, 0.4) is 0 Å². The maximum absolute atomic E-state index is 12.3. The van der Waals surface area contributed by atoms with Crippen LogP contribution in [-0.2, 0) is 14.3 Å². The average molecular weight is 331 g/mol. The average Bonchev–Trinajstić information content (AvgIpc) is 2.47. The van der Waals surface area contributed by atoms with Crippen LogP contribution in [0, 0.1) is 13.8 Å². The Morgan fingerprint density at radius 2 is 1.78 bits per heavy atom. The number of methoxy groups -OCH3 is 1. The molecule has 1 amide bonds. The molecule has 0 fully saturated rings. The lowest BCUT2D eigenvalue weighted by Gasteiger charge is -2.17. The second kappa shape index (κ2) is 7.26. The van der Waals surface area contributed by atoms with Gasteiger partial charge in [0, 0.05) is 12.0 Å². The minimum Gasteiger partial charge on any atom is -0.467 e. The third-order valence-corrected chi connectivity index (χ3v) is 3.27. The lowest BCUT2D eigenvalue weighted by molar-refractivity contribution is -0.175. The molecule has 5 nitrogen and oxygen atoms in total. The van der Waals surface area contributed by atoms with E-state index in [9.17, 15) is 27.6 Å². The van der Waals surface area contributed by atoms with Crippen LogP contribution in [0.4, 0.5) is 13.2 Å². The smallest absolute Gasteiger partial charge is 0.467 e. The number of hydrogen-bond acceptors (Lipinski definition) is 4. The van der Waals surface area contributed by atoms with Crippen molar-refractivity contribution in [3.05, 3.63) is 34.9 Å². The molecule has 1 aromatic carbocycles. The molecule has 0 bridgehead atoms. The number of halogens is 3. The summed E-state index contributed by atoms with van der Waals surface area (Å²) >= 11 is 0. The van der Waals surface area contributed by atoms with Crippen molar-refractivity contribution in [3.63, 3.8) is 0 Å². The maximum atomic E-state index is 12.3. The van der Waals surface area contributed by atoms with E-state index < -0.39 is 36.3 Å². The Morgan fingerprint density at radius 3 is 2.26 bits per heavy atom. The van der Waals surface area contributed by atoms with Gasteiger partial charge >= 0.3 is 18.1 Å². The third-order valence-electron chi connectivity index (χ3n) is 3.27. The highest BCUT2D eigenvalue weighted by molar-refractivity contribution is 6.00. The van der Waals surface area contributed by atoms with E-state index >= 15 is 0 Å². The highest BCUT2D eigenvalue weighted by atomic mass is 19.4. The summed E-state index contributed by atoms with van der Waals surface area (Å²) in [7, 11) is 0.954. The number of carbonyl (C=O) groups is 3. The number of hydrogen-bond donors (Lipinski definition) is 1. The van der Waals surface area contributed by atoms with Crippen LogP contribution < -0.4 is 5.32 Å². The predicted molar refractivity (Wildman–Crippen MR) is 74.9 cm³/mol. The summed E-state index contributed by atoms with van der Waals surface area (Å²) < 4.78 is 41.2. The summed E-state index contributed by atoms with van der Waals surface area (Å²) in [5, 5.41) is 1.48. The van der Waals surface area contributed by atoms with Crippen molar-refractivity contribution < 1.29 is 32.3 Å². The van der Waals surface area contributed by atoms with Crippen molar-refractivity contribution in [2.45, 2.75) is 32.5 Å². The van der Waals surface area contributed by atoms with E-state index in [2.05, 4.69) is 4.74 Å². The molecule has 0 aliphatic heterocycles. The number of benzene rings is 1. The number of ether oxygens (including phenoxy) is 1. The Morgan fingerprint density at radius 1 is 1.17 bits per heavy atom. The van der Waals surface area contributed by atoms with Crippen molar-refractivity contribution in [2.24, 2.45) is 0 Å². The molecule has 0 unspecified atom stereocenters. The van der Waals surface area contributed by atoms with Crippen LogP contribution >= 0.6 is 0 Å². The van der Waals surface area contributed by atoms with E-state index in [1.54, 1.807) is 19.1 Å². The Bertz CT molecular complexity index is 626. The van der Waals surface area contributed by atoms with Crippen LogP contribution in [0.25, 0.3) is 0 Å². The molecule has 126 valence electrons.